The van der Waals surface area contributed by atoms with E-state index in [1.807, 2.05) is 0 Å². The predicted octanol–water partition coefficient (Wildman–Crippen LogP) is 1.34. The lowest BCUT2D eigenvalue weighted by atomic mass is 9.79. The van der Waals surface area contributed by atoms with Crippen molar-refractivity contribution in [2.45, 2.75) is 64.0 Å². The molecule has 0 saturated heterocycles. The summed E-state index contributed by atoms with van der Waals surface area (Å²) >= 11 is 0. The molecular formula is C12H24N2O4S. The van der Waals surface area contributed by atoms with Gasteiger partial charge in [0, 0.05) is 18.6 Å². The van der Waals surface area contributed by atoms with Gasteiger partial charge in [-0.3, -0.25) is 4.79 Å². The molecule has 0 aromatic rings. The molecule has 0 aromatic carbocycles. The summed E-state index contributed by atoms with van der Waals surface area (Å²) in [5.41, 5.74) is -0.787. The Morgan fingerprint density at radius 2 is 1.84 bits per heavy atom. The summed E-state index contributed by atoms with van der Waals surface area (Å²) in [5.74, 6) is -0.950. The lowest BCUT2D eigenvalue weighted by molar-refractivity contribution is -0.140. The molecule has 112 valence electrons. The van der Waals surface area contributed by atoms with Gasteiger partial charge in [-0.05, 0) is 26.7 Å². The second-order valence-corrected chi connectivity index (χ2v) is 7.33. The summed E-state index contributed by atoms with van der Waals surface area (Å²) in [6.45, 7) is 3.49. The molecule has 0 bridgehead atoms. The Kier molecular flexibility index (Phi) is 5.34. The van der Waals surface area contributed by atoms with E-state index < -0.39 is 21.7 Å². The highest BCUT2D eigenvalue weighted by atomic mass is 32.2. The van der Waals surface area contributed by atoms with Crippen LogP contribution in [-0.4, -0.2) is 42.4 Å². The van der Waals surface area contributed by atoms with Gasteiger partial charge in [-0.15, -0.1) is 0 Å². The molecule has 1 aliphatic rings. The average Bonchev–Trinajstić information content (AvgIpc) is 2.26. The Bertz CT molecular complexity index is 413. The summed E-state index contributed by atoms with van der Waals surface area (Å²) in [5, 5.41) is 9.09. The van der Waals surface area contributed by atoms with Gasteiger partial charge in [0.05, 0.1) is 6.42 Å². The van der Waals surface area contributed by atoms with Crippen LogP contribution in [0.1, 0.15) is 52.4 Å². The second kappa shape index (κ2) is 6.19. The van der Waals surface area contributed by atoms with Gasteiger partial charge >= 0.3 is 5.97 Å². The van der Waals surface area contributed by atoms with Gasteiger partial charge < -0.3 is 5.11 Å². The Morgan fingerprint density at radius 1 is 1.32 bits per heavy atom. The molecule has 19 heavy (non-hydrogen) atoms. The summed E-state index contributed by atoms with van der Waals surface area (Å²) in [7, 11) is -2.16. The highest BCUT2D eigenvalue weighted by Crippen LogP contribution is 2.37. The van der Waals surface area contributed by atoms with Gasteiger partial charge in [0.2, 0.25) is 0 Å². The third-order valence-electron chi connectivity index (χ3n) is 3.68. The zero-order chi connectivity index (χ0) is 14.7. The van der Waals surface area contributed by atoms with E-state index in [0.29, 0.717) is 12.8 Å². The fourth-order valence-electron chi connectivity index (χ4n) is 2.73. The summed E-state index contributed by atoms with van der Waals surface area (Å²) in [4.78, 5) is 11.1. The largest absolute Gasteiger partial charge is 0.481 e. The summed E-state index contributed by atoms with van der Waals surface area (Å²) in [6.07, 6.45) is 3.85. The van der Waals surface area contributed by atoms with Crippen LogP contribution in [0.2, 0.25) is 0 Å². The number of hydrogen-bond donors (Lipinski definition) is 2. The maximum absolute atomic E-state index is 12.2. The first kappa shape index (κ1) is 16.4. The predicted molar refractivity (Wildman–Crippen MR) is 73.0 cm³/mol. The number of rotatable bonds is 6. The van der Waals surface area contributed by atoms with Gasteiger partial charge in [0.25, 0.3) is 10.2 Å². The van der Waals surface area contributed by atoms with E-state index in [4.69, 9.17) is 5.11 Å². The van der Waals surface area contributed by atoms with Crippen molar-refractivity contribution in [2.75, 3.05) is 7.05 Å². The maximum atomic E-state index is 12.2. The molecule has 0 aromatic heterocycles. The fraction of sp³-hybridized carbons (Fsp3) is 0.917. The van der Waals surface area contributed by atoms with Crippen molar-refractivity contribution in [3.63, 3.8) is 0 Å². The van der Waals surface area contributed by atoms with E-state index >= 15 is 0 Å². The van der Waals surface area contributed by atoms with Gasteiger partial charge in [-0.1, -0.05) is 19.3 Å². The lowest BCUT2D eigenvalue weighted by Gasteiger charge is -2.42. The monoisotopic (exact) mass is 292 g/mol. The fourth-order valence-corrected chi connectivity index (χ4v) is 4.24. The molecule has 0 aliphatic heterocycles. The van der Waals surface area contributed by atoms with Crippen LogP contribution in [0.5, 0.6) is 0 Å². The first-order chi connectivity index (χ1) is 8.69. The van der Waals surface area contributed by atoms with Crippen molar-refractivity contribution in [3.8, 4) is 0 Å². The molecule has 1 rings (SSSR count). The molecule has 2 N–H and O–H groups in total. The highest BCUT2D eigenvalue weighted by molar-refractivity contribution is 7.87. The molecule has 1 saturated carbocycles. The van der Waals surface area contributed by atoms with Gasteiger partial charge in [-0.2, -0.15) is 17.4 Å². The van der Waals surface area contributed by atoms with Crippen molar-refractivity contribution in [1.29, 1.82) is 0 Å². The molecule has 0 atom stereocenters. The van der Waals surface area contributed by atoms with E-state index in [2.05, 4.69) is 4.72 Å². The Labute approximate surface area is 115 Å². The van der Waals surface area contributed by atoms with Crippen LogP contribution in [0, 0.1) is 0 Å². The van der Waals surface area contributed by atoms with E-state index in [9.17, 15) is 13.2 Å². The smallest absolute Gasteiger partial charge is 0.305 e. The van der Waals surface area contributed by atoms with Crippen LogP contribution >= 0.6 is 0 Å². The maximum Gasteiger partial charge on any atom is 0.305 e. The third-order valence-corrected chi connectivity index (χ3v) is 5.56. The molecular weight excluding hydrogens is 268 g/mol. The quantitative estimate of drug-likeness (QED) is 0.773. The molecule has 1 fully saturated rings. The Hall–Kier alpha value is -0.660. The molecule has 1 aliphatic carbocycles. The lowest BCUT2D eigenvalue weighted by Crippen LogP contribution is -2.56. The van der Waals surface area contributed by atoms with E-state index in [-0.39, 0.29) is 12.5 Å². The molecule has 0 radical (unpaired) electrons. The average molecular weight is 292 g/mol. The van der Waals surface area contributed by atoms with Gasteiger partial charge in [0.15, 0.2) is 0 Å². The van der Waals surface area contributed by atoms with E-state index in [1.165, 1.54) is 11.4 Å². The van der Waals surface area contributed by atoms with Crippen molar-refractivity contribution in [2.24, 2.45) is 0 Å². The Balaban J connectivity index is 3.00. The molecule has 0 unspecified atom stereocenters. The summed E-state index contributed by atoms with van der Waals surface area (Å²) < 4.78 is 28.3. The molecule has 6 nitrogen and oxygen atoms in total. The normalized spacial score (nSPS) is 19.8. The number of aliphatic carboxylic acids is 1. The molecule has 0 heterocycles. The van der Waals surface area contributed by atoms with Gasteiger partial charge in [0.1, 0.15) is 0 Å². The minimum atomic E-state index is -3.64. The van der Waals surface area contributed by atoms with Crippen molar-refractivity contribution < 1.29 is 18.3 Å². The number of nitrogens with zero attached hydrogens (tertiary/aromatic N) is 1. The minimum absolute atomic E-state index is 0.136. The minimum Gasteiger partial charge on any atom is -0.481 e. The standard InChI is InChI=1S/C12H24N2O4S/c1-10(2)13-19(17,18)14(3)12(9-11(15)16)7-5-4-6-8-12/h10,13H,4-9H2,1-3H3,(H,15,16). The number of carboxylic acids is 1. The number of carbonyl (C=O) groups is 1. The van der Waals surface area contributed by atoms with Crippen molar-refractivity contribution >= 4 is 16.2 Å². The first-order valence-corrected chi connectivity index (χ1v) is 8.12. The zero-order valence-corrected chi connectivity index (χ0v) is 12.7. The summed E-state index contributed by atoms with van der Waals surface area (Å²) in [6, 6.07) is -0.210. The van der Waals surface area contributed by atoms with E-state index in [1.54, 1.807) is 13.8 Å². The first-order valence-electron chi connectivity index (χ1n) is 6.68. The number of hydrogen-bond acceptors (Lipinski definition) is 3. The van der Waals surface area contributed by atoms with Crippen LogP contribution in [-0.2, 0) is 15.0 Å². The number of nitrogens with one attached hydrogen (secondary N) is 1. The van der Waals surface area contributed by atoms with Crippen LogP contribution in [0.15, 0.2) is 0 Å². The van der Waals surface area contributed by atoms with Crippen LogP contribution in [0.25, 0.3) is 0 Å². The number of carboxylic acid groups (broad SMARTS) is 1. The zero-order valence-electron chi connectivity index (χ0n) is 11.8. The third kappa shape index (κ3) is 4.15. The van der Waals surface area contributed by atoms with E-state index in [0.717, 1.165) is 19.3 Å². The Morgan fingerprint density at radius 3 is 2.26 bits per heavy atom. The van der Waals surface area contributed by atoms with Crippen molar-refractivity contribution in [1.82, 2.24) is 9.03 Å². The van der Waals surface area contributed by atoms with Gasteiger partial charge in [-0.25, -0.2) is 0 Å². The molecule has 7 heteroatoms. The van der Waals surface area contributed by atoms with Crippen LogP contribution in [0.3, 0.4) is 0 Å². The van der Waals surface area contributed by atoms with Crippen molar-refractivity contribution in [3.05, 3.63) is 0 Å². The van der Waals surface area contributed by atoms with Crippen LogP contribution < -0.4 is 4.72 Å². The van der Waals surface area contributed by atoms with Crippen LogP contribution in [0.4, 0.5) is 0 Å². The molecule has 0 spiro atoms. The second-order valence-electron chi connectivity index (χ2n) is 5.60. The molecule has 0 amide bonds. The SMILES string of the molecule is CC(C)NS(=O)(=O)N(C)C1(CC(=O)O)CCCCC1. The highest BCUT2D eigenvalue weighted by Gasteiger charge is 2.43. The topological polar surface area (TPSA) is 86.7 Å².